The third-order valence-corrected chi connectivity index (χ3v) is 4.48. The van der Waals surface area contributed by atoms with Gasteiger partial charge < -0.3 is 4.57 Å². The summed E-state index contributed by atoms with van der Waals surface area (Å²) < 4.78 is 5.40. The fourth-order valence-electron chi connectivity index (χ4n) is 2.55. The molecule has 0 fully saturated rings. The van der Waals surface area contributed by atoms with Crippen LogP contribution < -0.4 is 0 Å². The zero-order valence-corrected chi connectivity index (χ0v) is 14.7. The molecule has 3 aromatic rings. The number of hydrogen-bond donors (Lipinski definition) is 0. The average molecular weight is 415 g/mol. The van der Waals surface area contributed by atoms with Crippen molar-refractivity contribution in [2.45, 2.75) is 19.4 Å². The Balaban J connectivity index is 1.95. The number of nitrogens with zero attached hydrogens (tertiary/aromatic N) is 4. The normalized spacial score (nSPS) is 11.4. The molecule has 0 N–H and O–H groups in total. The van der Waals surface area contributed by atoms with Gasteiger partial charge in [0.05, 0.1) is 11.0 Å². The Kier molecular flexibility index (Phi) is 4.49. The number of imidazole rings is 1. The summed E-state index contributed by atoms with van der Waals surface area (Å²) in [5.74, 6) is 1.65. The third kappa shape index (κ3) is 3.08. The fourth-order valence-corrected chi connectivity index (χ4v) is 3.19. The van der Waals surface area contributed by atoms with E-state index in [0.29, 0.717) is 5.88 Å². The van der Waals surface area contributed by atoms with Crippen LogP contribution in [0, 0.1) is 3.57 Å². The van der Waals surface area contributed by atoms with Gasteiger partial charge in [-0.1, -0.05) is 0 Å². The lowest BCUT2D eigenvalue weighted by molar-refractivity contribution is 0.628. The van der Waals surface area contributed by atoms with Crippen molar-refractivity contribution in [3.63, 3.8) is 0 Å². The molecule has 2 heterocycles. The second kappa shape index (κ2) is 6.36. The van der Waals surface area contributed by atoms with E-state index in [1.165, 1.54) is 14.8 Å². The number of hydrogen-bond acceptors (Lipinski definition) is 2. The van der Waals surface area contributed by atoms with E-state index in [1.807, 2.05) is 17.9 Å². The summed E-state index contributed by atoms with van der Waals surface area (Å²) in [6.45, 7) is 0.892. The smallest absolute Gasteiger partial charge is 0.111 e. The van der Waals surface area contributed by atoms with Gasteiger partial charge in [-0.3, -0.25) is 4.68 Å². The van der Waals surface area contributed by atoms with E-state index in [-0.39, 0.29) is 0 Å². The zero-order valence-electron chi connectivity index (χ0n) is 11.8. The molecule has 0 aliphatic heterocycles. The van der Waals surface area contributed by atoms with Crippen LogP contribution in [-0.4, -0.2) is 25.2 Å². The van der Waals surface area contributed by atoms with Crippen LogP contribution in [0.3, 0.4) is 0 Å². The monoisotopic (exact) mass is 414 g/mol. The second-order valence-corrected chi connectivity index (χ2v) is 6.57. The van der Waals surface area contributed by atoms with Gasteiger partial charge >= 0.3 is 0 Å². The molecule has 0 bridgehead atoms. The predicted octanol–water partition coefficient (Wildman–Crippen LogP) is 3.40. The van der Waals surface area contributed by atoms with Crippen molar-refractivity contribution >= 4 is 45.2 Å². The Hall–Kier alpha value is -1.08. The second-order valence-electron chi connectivity index (χ2n) is 4.95. The number of fused-ring (bicyclic) bond motifs is 1. The standard InChI is InChI=1S/C15H16ClIN4/c1-20-12(5-8-18-20)6-9-21-14-3-2-11(17)10-13(14)19-15(21)4-7-16/h2-3,5,8,10H,4,6-7,9H2,1H3. The van der Waals surface area contributed by atoms with Gasteiger partial charge in [0.1, 0.15) is 5.82 Å². The molecule has 0 atom stereocenters. The lowest BCUT2D eigenvalue weighted by Gasteiger charge is -2.09. The Morgan fingerprint density at radius 2 is 2.10 bits per heavy atom. The van der Waals surface area contributed by atoms with Crippen molar-refractivity contribution < 1.29 is 0 Å². The zero-order chi connectivity index (χ0) is 14.8. The Labute approximate surface area is 142 Å². The molecule has 21 heavy (non-hydrogen) atoms. The minimum Gasteiger partial charge on any atom is -0.328 e. The van der Waals surface area contributed by atoms with Gasteiger partial charge in [-0.25, -0.2) is 4.98 Å². The van der Waals surface area contributed by atoms with Gasteiger partial charge in [0, 0.05) is 47.8 Å². The summed E-state index contributed by atoms with van der Waals surface area (Å²) in [5.41, 5.74) is 3.45. The Morgan fingerprint density at radius 1 is 1.24 bits per heavy atom. The summed E-state index contributed by atoms with van der Waals surface area (Å²) >= 11 is 8.24. The van der Waals surface area contributed by atoms with Crippen molar-refractivity contribution in [3.8, 4) is 0 Å². The van der Waals surface area contributed by atoms with E-state index in [4.69, 9.17) is 16.6 Å². The first-order chi connectivity index (χ1) is 10.2. The summed E-state index contributed by atoms with van der Waals surface area (Å²) in [7, 11) is 1.98. The van der Waals surface area contributed by atoms with Crippen LogP contribution in [0.1, 0.15) is 11.5 Å². The van der Waals surface area contributed by atoms with E-state index in [2.05, 4.69) is 56.5 Å². The first-order valence-corrected chi connectivity index (χ1v) is 8.48. The average Bonchev–Trinajstić information content (AvgIpc) is 3.00. The van der Waals surface area contributed by atoms with Gasteiger partial charge in [-0.2, -0.15) is 5.10 Å². The van der Waals surface area contributed by atoms with Crippen LogP contribution in [0.15, 0.2) is 30.5 Å². The molecule has 0 spiro atoms. The number of halogens is 2. The molecule has 0 aliphatic rings. The molecular formula is C15H16ClIN4. The number of aryl methyl sites for hydroxylation is 4. The first-order valence-electron chi connectivity index (χ1n) is 6.86. The molecule has 2 aromatic heterocycles. The predicted molar refractivity (Wildman–Crippen MR) is 93.8 cm³/mol. The summed E-state index contributed by atoms with van der Waals surface area (Å²) in [5, 5.41) is 4.22. The molecule has 0 radical (unpaired) electrons. The third-order valence-electron chi connectivity index (χ3n) is 3.62. The lowest BCUT2D eigenvalue weighted by atomic mass is 10.2. The molecule has 110 valence electrons. The molecule has 1 aromatic carbocycles. The van der Waals surface area contributed by atoms with E-state index >= 15 is 0 Å². The van der Waals surface area contributed by atoms with Crippen LogP contribution in [0.5, 0.6) is 0 Å². The molecule has 3 rings (SSSR count). The fraction of sp³-hybridized carbons (Fsp3) is 0.333. The highest BCUT2D eigenvalue weighted by Gasteiger charge is 2.11. The van der Waals surface area contributed by atoms with Gasteiger partial charge in [0.25, 0.3) is 0 Å². The molecule has 0 amide bonds. The molecular weight excluding hydrogens is 399 g/mol. The summed E-state index contributed by atoms with van der Waals surface area (Å²) in [6.07, 6.45) is 3.56. The van der Waals surface area contributed by atoms with E-state index in [9.17, 15) is 0 Å². The number of rotatable bonds is 5. The Morgan fingerprint density at radius 3 is 2.81 bits per heavy atom. The van der Waals surface area contributed by atoms with Crippen molar-refractivity contribution in [2.75, 3.05) is 5.88 Å². The maximum atomic E-state index is 5.92. The maximum Gasteiger partial charge on any atom is 0.111 e. The molecule has 0 unspecified atom stereocenters. The minimum absolute atomic E-state index is 0.589. The molecule has 0 aliphatic carbocycles. The van der Waals surface area contributed by atoms with Gasteiger partial charge in [0.15, 0.2) is 0 Å². The summed E-state index contributed by atoms with van der Waals surface area (Å²) in [6, 6.07) is 8.44. The van der Waals surface area contributed by atoms with Crippen LogP contribution in [0.25, 0.3) is 11.0 Å². The molecule has 0 saturated heterocycles. The first kappa shape index (κ1) is 14.8. The van der Waals surface area contributed by atoms with Crippen LogP contribution in [0.2, 0.25) is 0 Å². The van der Waals surface area contributed by atoms with Crippen molar-refractivity contribution in [2.24, 2.45) is 7.05 Å². The van der Waals surface area contributed by atoms with Gasteiger partial charge in [0.2, 0.25) is 0 Å². The minimum atomic E-state index is 0.589. The van der Waals surface area contributed by atoms with Gasteiger partial charge in [-0.15, -0.1) is 11.6 Å². The SMILES string of the molecule is Cn1nccc1CCn1c(CCCl)nc2cc(I)ccc21. The topological polar surface area (TPSA) is 35.6 Å². The largest absolute Gasteiger partial charge is 0.328 e. The highest BCUT2D eigenvalue weighted by molar-refractivity contribution is 14.1. The number of alkyl halides is 1. The van der Waals surface area contributed by atoms with E-state index in [1.54, 1.807) is 0 Å². The lowest BCUT2D eigenvalue weighted by Crippen LogP contribution is -2.09. The van der Waals surface area contributed by atoms with E-state index < -0.39 is 0 Å². The summed E-state index contributed by atoms with van der Waals surface area (Å²) in [4.78, 5) is 4.74. The quantitative estimate of drug-likeness (QED) is 0.474. The highest BCUT2D eigenvalue weighted by atomic mass is 127. The van der Waals surface area contributed by atoms with Crippen molar-refractivity contribution in [1.29, 1.82) is 0 Å². The van der Waals surface area contributed by atoms with Crippen molar-refractivity contribution in [3.05, 3.63) is 45.6 Å². The molecule has 0 saturated carbocycles. The highest BCUT2D eigenvalue weighted by Crippen LogP contribution is 2.20. The number of aromatic nitrogens is 4. The molecule has 4 nitrogen and oxygen atoms in total. The van der Waals surface area contributed by atoms with Crippen molar-refractivity contribution in [1.82, 2.24) is 19.3 Å². The van der Waals surface area contributed by atoms with Crippen LogP contribution >= 0.6 is 34.2 Å². The Bertz CT molecular complexity index is 762. The maximum absolute atomic E-state index is 5.92. The van der Waals surface area contributed by atoms with Crippen LogP contribution in [0.4, 0.5) is 0 Å². The van der Waals surface area contributed by atoms with Crippen LogP contribution in [-0.2, 0) is 26.4 Å². The molecule has 6 heteroatoms. The number of benzene rings is 1. The van der Waals surface area contributed by atoms with E-state index in [0.717, 1.165) is 30.7 Å². The van der Waals surface area contributed by atoms with Gasteiger partial charge in [-0.05, 0) is 46.9 Å².